The molecule has 3 heteroatoms. The molecule has 2 unspecified atom stereocenters. The highest BCUT2D eigenvalue weighted by atomic mass is 16.4. The predicted octanol–water partition coefficient (Wildman–Crippen LogP) is 0.398. The molecule has 1 rings (SSSR count). The van der Waals surface area contributed by atoms with E-state index in [0.717, 1.165) is 0 Å². The molecule has 10 heavy (non-hydrogen) atoms. The molecule has 0 bridgehead atoms. The summed E-state index contributed by atoms with van der Waals surface area (Å²) in [6, 6.07) is 0. The van der Waals surface area contributed by atoms with Gasteiger partial charge in [0.1, 0.15) is 0 Å². The molecule has 0 saturated heterocycles. The number of rotatable bonds is 1. The second kappa shape index (κ2) is 2.84. The maximum atomic E-state index is 10.3. The lowest BCUT2D eigenvalue weighted by Crippen LogP contribution is -2.18. The van der Waals surface area contributed by atoms with Crippen molar-refractivity contribution in [3.63, 3.8) is 0 Å². The molecule has 0 aromatic carbocycles. The molecule has 0 aromatic heterocycles. The van der Waals surface area contributed by atoms with Crippen molar-refractivity contribution in [1.82, 2.24) is 0 Å². The molecule has 0 amide bonds. The summed E-state index contributed by atoms with van der Waals surface area (Å²) in [7, 11) is 0. The van der Waals surface area contributed by atoms with Crippen LogP contribution in [-0.2, 0) is 4.79 Å². The van der Waals surface area contributed by atoms with Crippen molar-refractivity contribution in [2.45, 2.75) is 18.9 Å². The number of aliphatic hydroxyl groups is 1. The van der Waals surface area contributed by atoms with E-state index in [0.29, 0.717) is 12.8 Å². The quantitative estimate of drug-likeness (QED) is 0.521. The van der Waals surface area contributed by atoms with E-state index in [1.165, 1.54) is 0 Å². The summed E-state index contributed by atoms with van der Waals surface area (Å²) in [4.78, 5) is 10.3. The van der Waals surface area contributed by atoms with E-state index in [1.807, 2.05) is 0 Å². The van der Waals surface area contributed by atoms with E-state index < -0.39 is 12.1 Å². The second-order valence-electron chi connectivity index (χ2n) is 2.47. The Hall–Kier alpha value is -0.830. The second-order valence-corrected chi connectivity index (χ2v) is 2.47. The molecule has 1 aliphatic carbocycles. The Kier molecular flexibility index (Phi) is 2.06. The zero-order chi connectivity index (χ0) is 7.56. The summed E-state index contributed by atoms with van der Waals surface area (Å²) >= 11 is 0. The van der Waals surface area contributed by atoms with Crippen molar-refractivity contribution in [3.05, 3.63) is 12.2 Å². The van der Waals surface area contributed by atoms with E-state index in [1.54, 1.807) is 12.2 Å². The fraction of sp³-hybridized carbons (Fsp3) is 0.571. The van der Waals surface area contributed by atoms with Crippen LogP contribution in [0.1, 0.15) is 12.8 Å². The summed E-state index contributed by atoms with van der Waals surface area (Å²) in [5, 5.41) is 17.4. The maximum absolute atomic E-state index is 10.3. The van der Waals surface area contributed by atoms with E-state index in [4.69, 9.17) is 10.2 Å². The Morgan fingerprint density at radius 1 is 1.40 bits per heavy atom. The van der Waals surface area contributed by atoms with E-state index in [9.17, 15) is 4.79 Å². The lowest BCUT2D eigenvalue weighted by atomic mass is 9.95. The van der Waals surface area contributed by atoms with Gasteiger partial charge in [0, 0.05) is 0 Å². The van der Waals surface area contributed by atoms with Gasteiger partial charge in [0.05, 0.1) is 12.0 Å². The van der Waals surface area contributed by atoms with Crippen LogP contribution in [0.15, 0.2) is 12.2 Å². The van der Waals surface area contributed by atoms with Gasteiger partial charge in [-0.05, 0) is 12.8 Å². The number of carboxylic acids is 1. The molecule has 0 saturated carbocycles. The number of aliphatic carboxylic acids is 1. The van der Waals surface area contributed by atoms with Gasteiger partial charge in [0.2, 0.25) is 0 Å². The highest BCUT2D eigenvalue weighted by Gasteiger charge is 2.18. The summed E-state index contributed by atoms with van der Waals surface area (Å²) in [5.41, 5.74) is 0. The minimum absolute atomic E-state index is 0.386. The first-order valence-electron chi connectivity index (χ1n) is 3.29. The van der Waals surface area contributed by atoms with Crippen molar-refractivity contribution in [2.24, 2.45) is 5.92 Å². The Morgan fingerprint density at radius 2 is 2.10 bits per heavy atom. The summed E-state index contributed by atoms with van der Waals surface area (Å²) in [5.74, 6) is -1.19. The molecule has 2 atom stereocenters. The molecule has 0 spiro atoms. The van der Waals surface area contributed by atoms with Crippen LogP contribution >= 0.6 is 0 Å². The third-order valence-electron chi connectivity index (χ3n) is 1.66. The van der Waals surface area contributed by atoms with Crippen molar-refractivity contribution in [2.75, 3.05) is 0 Å². The fourth-order valence-corrected chi connectivity index (χ4v) is 1.01. The molecule has 1 aliphatic rings. The molecule has 56 valence electrons. The number of hydrogen-bond acceptors (Lipinski definition) is 2. The van der Waals surface area contributed by atoms with Crippen molar-refractivity contribution >= 4 is 5.97 Å². The van der Waals surface area contributed by atoms with Gasteiger partial charge in [-0.15, -0.1) is 0 Å². The Morgan fingerprint density at radius 3 is 2.50 bits per heavy atom. The minimum atomic E-state index is -0.803. The summed E-state index contributed by atoms with van der Waals surface area (Å²) in [6.07, 6.45) is 3.77. The standard InChI is InChI=1S/C7H10O3/c8-6-3-1-5(2-4-6)7(9)10/h1,3,5-6,8H,2,4H2,(H,9,10). The van der Waals surface area contributed by atoms with Crippen molar-refractivity contribution in [1.29, 1.82) is 0 Å². The summed E-state index contributed by atoms with van der Waals surface area (Å²) in [6.45, 7) is 0. The predicted molar refractivity (Wildman–Crippen MR) is 35.5 cm³/mol. The smallest absolute Gasteiger partial charge is 0.310 e. The number of aliphatic hydroxyl groups excluding tert-OH is 1. The molecule has 3 nitrogen and oxygen atoms in total. The van der Waals surface area contributed by atoms with E-state index in [2.05, 4.69) is 0 Å². The Labute approximate surface area is 59.0 Å². The molecule has 0 aromatic rings. The lowest BCUT2D eigenvalue weighted by Gasteiger charge is -2.15. The molecule has 0 aliphatic heterocycles. The molecule has 0 fully saturated rings. The molecule has 0 radical (unpaired) electrons. The average molecular weight is 142 g/mol. The molecule has 2 N–H and O–H groups in total. The van der Waals surface area contributed by atoms with E-state index >= 15 is 0 Å². The average Bonchev–Trinajstić information content (AvgIpc) is 1.88. The van der Waals surface area contributed by atoms with Gasteiger partial charge in [-0.25, -0.2) is 0 Å². The van der Waals surface area contributed by atoms with Gasteiger partial charge in [-0.3, -0.25) is 4.79 Å². The fourth-order valence-electron chi connectivity index (χ4n) is 1.01. The third-order valence-corrected chi connectivity index (χ3v) is 1.66. The van der Waals surface area contributed by atoms with Crippen molar-refractivity contribution < 1.29 is 15.0 Å². The molecule has 0 heterocycles. The normalized spacial score (nSPS) is 32.1. The lowest BCUT2D eigenvalue weighted by molar-refractivity contribution is -0.140. The van der Waals surface area contributed by atoms with Gasteiger partial charge in [-0.2, -0.15) is 0 Å². The molecular weight excluding hydrogens is 132 g/mol. The number of hydrogen-bond donors (Lipinski definition) is 2. The largest absolute Gasteiger partial charge is 0.481 e. The maximum Gasteiger partial charge on any atom is 0.310 e. The highest BCUT2D eigenvalue weighted by Crippen LogP contribution is 2.17. The van der Waals surface area contributed by atoms with Crippen LogP contribution in [0.25, 0.3) is 0 Å². The first-order chi connectivity index (χ1) is 4.70. The zero-order valence-electron chi connectivity index (χ0n) is 5.53. The van der Waals surface area contributed by atoms with Crippen LogP contribution in [0.2, 0.25) is 0 Å². The number of carboxylic acid groups (broad SMARTS) is 1. The zero-order valence-corrected chi connectivity index (χ0v) is 5.53. The first kappa shape index (κ1) is 7.28. The van der Waals surface area contributed by atoms with Gasteiger partial charge in [0.25, 0.3) is 0 Å². The Bertz CT molecular complexity index is 162. The van der Waals surface area contributed by atoms with Crippen LogP contribution in [0.4, 0.5) is 0 Å². The SMILES string of the molecule is O=C(O)C1C=CC(O)CC1. The monoisotopic (exact) mass is 142 g/mol. The van der Waals surface area contributed by atoms with Crippen LogP contribution < -0.4 is 0 Å². The van der Waals surface area contributed by atoms with E-state index in [-0.39, 0.29) is 5.92 Å². The Balaban J connectivity index is 2.53. The van der Waals surface area contributed by atoms with Gasteiger partial charge < -0.3 is 10.2 Å². The summed E-state index contributed by atoms with van der Waals surface area (Å²) < 4.78 is 0. The van der Waals surface area contributed by atoms with Crippen LogP contribution in [-0.4, -0.2) is 22.3 Å². The van der Waals surface area contributed by atoms with Crippen LogP contribution in [0.3, 0.4) is 0 Å². The van der Waals surface area contributed by atoms with Crippen LogP contribution in [0.5, 0.6) is 0 Å². The van der Waals surface area contributed by atoms with Gasteiger partial charge >= 0.3 is 5.97 Å². The first-order valence-corrected chi connectivity index (χ1v) is 3.29. The third kappa shape index (κ3) is 1.57. The van der Waals surface area contributed by atoms with Crippen molar-refractivity contribution in [3.8, 4) is 0 Å². The topological polar surface area (TPSA) is 57.5 Å². The minimum Gasteiger partial charge on any atom is -0.481 e. The van der Waals surface area contributed by atoms with Gasteiger partial charge in [0.15, 0.2) is 0 Å². The van der Waals surface area contributed by atoms with Crippen LogP contribution in [0, 0.1) is 5.92 Å². The number of carbonyl (C=O) groups is 1. The molecular formula is C7H10O3. The highest BCUT2D eigenvalue weighted by molar-refractivity contribution is 5.72. The van der Waals surface area contributed by atoms with Gasteiger partial charge in [-0.1, -0.05) is 12.2 Å².